The average Bonchev–Trinajstić information content (AvgIpc) is 3.09. The highest BCUT2D eigenvalue weighted by molar-refractivity contribution is 9.10. The summed E-state index contributed by atoms with van der Waals surface area (Å²) in [7, 11) is 0. The van der Waals surface area contributed by atoms with Gasteiger partial charge in [0, 0.05) is 51.2 Å². The van der Waals surface area contributed by atoms with Crippen molar-refractivity contribution < 1.29 is 4.74 Å². The Morgan fingerprint density at radius 1 is 1.19 bits per heavy atom. The van der Waals surface area contributed by atoms with Crippen LogP contribution in [0.5, 0.6) is 0 Å². The zero-order valence-corrected chi connectivity index (χ0v) is 16.5. The predicted octanol–water partition coefficient (Wildman–Crippen LogP) is 2.24. The van der Waals surface area contributed by atoms with Crippen LogP contribution < -0.4 is 10.6 Å². The molecule has 27 heavy (non-hydrogen) atoms. The van der Waals surface area contributed by atoms with Crippen molar-refractivity contribution >= 4 is 33.2 Å². The lowest BCUT2D eigenvalue weighted by molar-refractivity contribution is 0.0398. The van der Waals surface area contributed by atoms with Gasteiger partial charge >= 0.3 is 0 Å². The maximum absolute atomic E-state index is 5.39. The molecule has 9 heteroatoms. The highest BCUT2D eigenvalue weighted by atomic mass is 79.9. The summed E-state index contributed by atoms with van der Waals surface area (Å²) in [4.78, 5) is 11.2. The molecule has 0 bridgehead atoms. The van der Waals surface area contributed by atoms with E-state index >= 15 is 0 Å². The minimum absolute atomic E-state index is 0.664. The number of nitrogens with one attached hydrogen (secondary N) is 2. The number of pyridine rings is 1. The van der Waals surface area contributed by atoms with Gasteiger partial charge in [0.2, 0.25) is 0 Å². The van der Waals surface area contributed by atoms with Gasteiger partial charge in [0.05, 0.1) is 23.9 Å². The van der Waals surface area contributed by atoms with Crippen molar-refractivity contribution in [2.45, 2.75) is 6.54 Å². The van der Waals surface area contributed by atoms with Gasteiger partial charge in [0.1, 0.15) is 11.6 Å². The third-order valence-corrected chi connectivity index (χ3v) is 5.02. The van der Waals surface area contributed by atoms with Gasteiger partial charge in [-0.25, -0.2) is 4.98 Å². The quantitative estimate of drug-likeness (QED) is 0.593. The van der Waals surface area contributed by atoms with E-state index < -0.39 is 0 Å². The first-order valence-electron chi connectivity index (χ1n) is 9.00. The van der Waals surface area contributed by atoms with Crippen molar-refractivity contribution in [1.29, 1.82) is 0 Å². The first-order chi connectivity index (χ1) is 13.3. The number of aromatic nitrogens is 4. The molecule has 0 spiro atoms. The Hall–Kier alpha value is -2.23. The van der Waals surface area contributed by atoms with Gasteiger partial charge in [-0.05, 0) is 27.6 Å². The van der Waals surface area contributed by atoms with Gasteiger partial charge < -0.3 is 15.4 Å². The summed E-state index contributed by atoms with van der Waals surface area (Å²) in [5.41, 5.74) is 1.88. The second kappa shape index (κ2) is 8.64. The van der Waals surface area contributed by atoms with Crippen LogP contribution in [0.4, 0.5) is 11.6 Å². The Kier molecular flexibility index (Phi) is 5.81. The molecule has 1 fully saturated rings. The van der Waals surface area contributed by atoms with Gasteiger partial charge in [-0.15, -0.1) is 0 Å². The maximum atomic E-state index is 5.39. The molecule has 3 aromatic rings. The lowest BCUT2D eigenvalue weighted by Gasteiger charge is -2.26. The molecule has 0 radical (unpaired) electrons. The number of halogens is 1. The Morgan fingerprint density at radius 2 is 2.07 bits per heavy atom. The molecule has 0 atom stereocenters. The lowest BCUT2D eigenvalue weighted by Crippen LogP contribution is -2.39. The lowest BCUT2D eigenvalue weighted by atomic mass is 10.3. The van der Waals surface area contributed by atoms with Crippen LogP contribution in [0.3, 0.4) is 0 Å². The number of rotatable bonds is 7. The fraction of sp³-hybridized carbons (Fsp3) is 0.389. The van der Waals surface area contributed by atoms with E-state index in [1.165, 1.54) is 0 Å². The van der Waals surface area contributed by atoms with Crippen molar-refractivity contribution in [3.63, 3.8) is 0 Å². The normalized spacial score (nSPS) is 15.1. The topological polar surface area (TPSA) is 79.6 Å². The third-order valence-electron chi connectivity index (χ3n) is 4.46. The molecule has 1 aliphatic rings. The van der Waals surface area contributed by atoms with Crippen LogP contribution >= 0.6 is 15.9 Å². The molecule has 1 saturated heterocycles. The smallest absolute Gasteiger partial charge is 0.173 e. The summed E-state index contributed by atoms with van der Waals surface area (Å²) < 4.78 is 8.06. The Balaban J connectivity index is 1.46. The highest BCUT2D eigenvalue weighted by Gasteiger charge is 2.12. The number of ether oxygens (including phenoxy) is 1. The van der Waals surface area contributed by atoms with Crippen LogP contribution in [0.15, 0.2) is 41.3 Å². The van der Waals surface area contributed by atoms with E-state index in [1.54, 1.807) is 16.9 Å². The molecular formula is C18H22BrN7O. The van der Waals surface area contributed by atoms with Crippen LogP contribution in [0.2, 0.25) is 0 Å². The number of hydrogen-bond donors (Lipinski definition) is 2. The second-order valence-electron chi connectivity index (χ2n) is 6.35. The number of anilines is 2. The summed E-state index contributed by atoms with van der Waals surface area (Å²) in [5.74, 6) is 1.70. The van der Waals surface area contributed by atoms with Crippen LogP contribution in [0.25, 0.3) is 5.65 Å². The van der Waals surface area contributed by atoms with E-state index in [-0.39, 0.29) is 0 Å². The molecule has 0 aromatic carbocycles. The minimum Gasteiger partial charge on any atom is -0.379 e. The molecule has 0 unspecified atom stereocenters. The van der Waals surface area contributed by atoms with Gasteiger partial charge in [0.25, 0.3) is 0 Å². The zero-order chi connectivity index (χ0) is 18.5. The molecule has 0 aliphatic carbocycles. The number of hydrogen-bond acceptors (Lipinski definition) is 7. The number of nitrogens with zero attached hydrogens (tertiary/aromatic N) is 5. The summed E-state index contributed by atoms with van der Waals surface area (Å²) in [6, 6.07) is 5.96. The molecular weight excluding hydrogens is 410 g/mol. The fourth-order valence-electron chi connectivity index (χ4n) is 3.01. The Labute approximate surface area is 166 Å². The van der Waals surface area contributed by atoms with Crippen molar-refractivity contribution in [2.24, 2.45) is 0 Å². The molecule has 0 saturated carbocycles. The summed E-state index contributed by atoms with van der Waals surface area (Å²) in [6.45, 7) is 6.06. The molecule has 142 valence electrons. The molecule has 4 heterocycles. The molecule has 1 aliphatic heterocycles. The van der Waals surface area contributed by atoms with Crippen LogP contribution in [0, 0.1) is 0 Å². The summed E-state index contributed by atoms with van der Waals surface area (Å²) in [6.07, 6.45) is 5.39. The fourth-order valence-corrected chi connectivity index (χ4v) is 3.36. The molecule has 2 N–H and O–H groups in total. The molecule has 3 aromatic heterocycles. The van der Waals surface area contributed by atoms with Crippen LogP contribution in [0.1, 0.15) is 5.56 Å². The highest BCUT2D eigenvalue weighted by Crippen LogP contribution is 2.22. The molecule has 0 amide bonds. The Bertz CT molecular complexity index is 880. The largest absolute Gasteiger partial charge is 0.379 e. The van der Waals surface area contributed by atoms with Gasteiger partial charge in [-0.2, -0.15) is 9.61 Å². The van der Waals surface area contributed by atoms with Gasteiger partial charge in [-0.1, -0.05) is 6.07 Å². The van der Waals surface area contributed by atoms with Crippen molar-refractivity contribution in [2.75, 3.05) is 50.0 Å². The predicted molar refractivity (Wildman–Crippen MR) is 108 cm³/mol. The van der Waals surface area contributed by atoms with Gasteiger partial charge in [-0.3, -0.25) is 9.88 Å². The van der Waals surface area contributed by atoms with Crippen molar-refractivity contribution in [1.82, 2.24) is 24.5 Å². The minimum atomic E-state index is 0.664. The zero-order valence-electron chi connectivity index (χ0n) is 14.9. The maximum Gasteiger partial charge on any atom is 0.173 e. The molecule has 4 rings (SSSR count). The summed E-state index contributed by atoms with van der Waals surface area (Å²) >= 11 is 3.53. The van der Waals surface area contributed by atoms with Crippen molar-refractivity contribution in [3.05, 3.63) is 46.8 Å². The van der Waals surface area contributed by atoms with E-state index in [0.717, 1.165) is 66.7 Å². The average molecular weight is 432 g/mol. The van der Waals surface area contributed by atoms with Crippen LogP contribution in [-0.4, -0.2) is 63.9 Å². The van der Waals surface area contributed by atoms with E-state index in [1.807, 2.05) is 24.4 Å². The summed E-state index contributed by atoms with van der Waals surface area (Å²) in [5, 5.41) is 11.3. The standard InChI is InChI=1S/C18H22BrN7O/c19-15-13-23-26-17(22-12-14-2-1-3-20-11-14)10-16(24-18(15)26)21-4-5-25-6-8-27-9-7-25/h1-3,10-11,13,22H,4-9,12H2,(H,21,24). The van der Waals surface area contributed by atoms with E-state index in [4.69, 9.17) is 4.74 Å². The molecule has 8 nitrogen and oxygen atoms in total. The third kappa shape index (κ3) is 4.55. The Morgan fingerprint density at radius 3 is 2.89 bits per heavy atom. The van der Waals surface area contributed by atoms with Crippen molar-refractivity contribution in [3.8, 4) is 0 Å². The first-order valence-corrected chi connectivity index (χ1v) is 9.80. The SMILES string of the molecule is Brc1cnn2c(NCc3cccnc3)cc(NCCN3CCOCC3)nc12. The van der Waals surface area contributed by atoms with E-state index in [2.05, 4.69) is 46.5 Å². The van der Waals surface area contributed by atoms with Gasteiger partial charge in [0.15, 0.2) is 5.65 Å². The van der Waals surface area contributed by atoms with E-state index in [0.29, 0.717) is 6.54 Å². The monoisotopic (exact) mass is 431 g/mol. The number of morpholine rings is 1. The number of fused-ring (bicyclic) bond motifs is 1. The first kappa shape index (κ1) is 18.1. The van der Waals surface area contributed by atoms with Crippen LogP contribution in [-0.2, 0) is 11.3 Å². The second-order valence-corrected chi connectivity index (χ2v) is 7.20. The van der Waals surface area contributed by atoms with E-state index in [9.17, 15) is 0 Å².